The molecular weight excluding hydrogens is 308 g/mol. The lowest BCUT2D eigenvalue weighted by Gasteiger charge is -2.36. The van der Waals surface area contributed by atoms with E-state index in [4.69, 9.17) is 0 Å². The largest absolute Gasteiger partial charge is 0.481 e. The Bertz CT molecular complexity index is 600. The number of amides is 1. The first-order valence-electron chi connectivity index (χ1n) is 7.37. The summed E-state index contributed by atoms with van der Waals surface area (Å²) in [6.45, 7) is -1.14. The number of rotatable bonds is 7. The van der Waals surface area contributed by atoms with Gasteiger partial charge in [0.15, 0.2) is 0 Å². The van der Waals surface area contributed by atoms with Crippen LogP contribution in [0.2, 0.25) is 0 Å². The van der Waals surface area contributed by atoms with Crippen molar-refractivity contribution in [1.29, 1.82) is 0 Å². The van der Waals surface area contributed by atoms with Crippen molar-refractivity contribution in [1.82, 2.24) is 5.32 Å². The zero-order valence-electron chi connectivity index (χ0n) is 12.8. The summed E-state index contributed by atoms with van der Waals surface area (Å²) >= 11 is 0. The molecule has 0 aromatic heterocycles. The van der Waals surface area contributed by atoms with Gasteiger partial charge in [0.1, 0.15) is 5.75 Å². The molecule has 1 aliphatic rings. The molecule has 0 unspecified atom stereocenters. The monoisotopic (exact) mass is 327 g/mol. The van der Waals surface area contributed by atoms with Gasteiger partial charge in [-0.2, -0.15) is 8.78 Å². The molecule has 0 bridgehead atoms. The Morgan fingerprint density at radius 1 is 1.39 bits per heavy atom. The number of aliphatic carboxylic acids is 1. The van der Waals surface area contributed by atoms with E-state index >= 15 is 0 Å². The van der Waals surface area contributed by atoms with Crippen molar-refractivity contribution in [2.45, 2.75) is 45.8 Å². The minimum Gasteiger partial charge on any atom is -0.481 e. The van der Waals surface area contributed by atoms with Gasteiger partial charge in [-0.15, -0.1) is 0 Å². The summed E-state index contributed by atoms with van der Waals surface area (Å²) in [7, 11) is 0. The quantitative estimate of drug-likeness (QED) is 0.807. The highest BCUT2D eigenvalue weighted by molar-refractivity contribution is 5.85. The zero-order valence-corrected chi connectivity index (χ0v) is 12.8. The number of ether oxygens (including phenoxy) is 1. The van der Waals surface area contributed by atoms with E-state index < -0.39 is 23.9 Å². The number of nitrogens with one attached hydrogen (secondary N) is 1. The first-order chi connectivity index (χ1) is 10.8. The van der Waals surface area contributed by atoms with Gasteiger partial charge in [0.25, 0.3) is 0 Å². The molecule has 2 N–H and O–H groups in total. The first kappa shape index (κ1) is 17.2. The Morgan fingerprint density at radius 3 is 2.61 bits per heavy atom. The Kier molecular flexibility index (Phi) is 5.18. The number of aryl methyl sites for hydroxylation is 1. The van der Waals surface area contributed by atoms with Crippen LogP contribution in [0, 0.1) is 12.3 Å². The number of carboxylic acids is 1. The first-order valence-corrected chi connectivity index (χ1v) is 7.37. The number of carbonyl (C=O) groups is 2. The van der Waals surface area contributed by atoms with Crippen molar-refractivity contribution in [2.75, 3.05) is 0 Å². The zero-order chi connectivity index (χ0) is 17.0. The van der Waals surface area contributed by atoms with Gasteiger partial charge in [0.05, 0.1) is 5.41 Å². The Balaban J connectivity index is 1.98. The van der Waals surface area contributed by atoms with Crippen LogP contribution in [0.25, 0.3) is 0 Å². The molecule has 1 aromatic carbocycles. The molecule has 0 aliphatic heterocycles. The SMILES string of the molecule is Cc1ccc(OC(F)F)c(CNC(=O)CC2(C(=O)O)CCC2)c1. The molecule has 1 amide bonds. The summed E-state index contributed by atoms with van der Waals surface area (Å²) in [5.41, 5.74) is 0.299. The van der Waals surface area contributed by atoms with Crippen LogP contribution in [0.3, 0.4) is 0 Å². The second kappa shape index (κ2) is 6.93. The fourth-order valence-electron chi connectivity index (χ4n) is 2.69. The third kappa shape index (κ3) is 4.18. The average Bonchev–Trinajstić information content (AvgIpc) is 2.42. The van der Waals surface area contributed by atoms with Gasteiger partial charge in [0, 0.05) is 18.5 Å². The van der Waals surface area contributed by atoms with Crippen molar-refractivity contribution in [2.24, 2.45) is 5.41 Å². The Morgan fingerprint density at radius 2 is 2.09 bits per heavy atom. The topological polar surface area (TPSA) is 75.6 Å². The fourth-order valence-corrected chi connectivity index (χ4v) is 2.69. The Hall–Kier alpha value is -2.18. The molecule has 23 heavy (non-hydrogen) atoms. The minimum absolute atomic E-state index is 0.00231. The van der Waals surface area contributed by atoms with E-state index in [2.05, 4.69) is 10.1 Å². The van der Waals surface area contributed by atoms with Crippen molar-refractivity contribution >= 4 is 11.9 Å². The number of carbonyl (C=O) groups excluding carboxylic acids is 1. The number of hydrogen-bond acceptors (Lipinski definition) is 3. The normalized spacial score (nSPS) is 15.8. The van der Waals surface area contributed by atoms with Crippen LogP contribution in [0.4, 0.5) is 8.78 Å². The van der Waals surface area contributed by atoms with Gasteiger partial charge in [0.2, 0.25) is 5.91 Å². The van der Waals surface area contributed by atoms with Crippen LogP contribution in [0.1, 0.15) is 36.8 Å². The van der Waals surface area contributed by atoms with Crippen LogP contribution >= 0.6 is 0 Å². The van der Waals surface area contributed by atoms with E-state index in [9.17, 15) is 23.5 Å². The third-order valence-corrected chi connectivity index (χ3v) is 4.17. The lowest BCUT2D eigenvalue weighted by molar-refractivity contribution is -0.157. The molecule has 1 aliphatic carbocycles. The number of hydrogen-bond donors (Lipinski definition) is 2. The summed E-state index contributed by atoms with van der Waals surface area (Å²) < 4.78 is 29.2. The fraction of sp³-hybridized carbons (Fsp3) is 0.500. The van der Waals surface area contributed by atoms with Gasteiger partial charge >= 0.3 is 12.6 Å². The maximum atomic E-state index is 12.4. The van der Waals surface area contributed by atoms with E-state index in [0.29, 0.717) is 18.4 Å². The summed E-state index contributed by atoms with van der Waals surface area (Å²) in [5.74, 6) is -1.37. The van der Waals surface area contributed by atoms with E-state index in [-0.39, 0.29) is 18.7 Å². The van der Waals surface area contributed by atoms with E-state index in [1.807, 2.05) is 0 Å². The second-order valence-corrected chi connectivity index (χ2v) is 5.88. The van der Waals surface area contributed by atoms with Crippen molar-refractivity contribution in [3.05, 3.63) is 29.3 Å². The third-order valence-electron chi connectivity index (χ3n) is 4.17. The molecule has 0 atom stereocenters. The molecule has 0 spiro atoms. The van der Waals surface area contributed by atoms with Gasteiger partial charge in [-0.1, -0.05) is 24.1 Å². The molecule has 0 saturated heterocycles. The average molecular weight is 327 g/mol. The van der Waals surface area contributed by atoms with Crippen molar-refractivity contribution in [3.63, 3.8) is 0 Å². The Labute approximate surface area is 132 Å². The highest BCUT2D eigenvalue weighted by Crippen LogP contribution is 2.44. The van der Waals surface area contributed by atoms with Crippen LogP contribution in [0.5, 0.6) is 5.75 Å². The number of alkyl halides is 2. The maximum absolute atomic E-state index is 12.4. The van der Waals surface area contributed by atoms with Gasteiger partial charge in [-0.3, -0.25) is 9.59 Å². The molecule has 1 aromatic rings. The highest BCUT2D eigenvalue weighted by atomic mass is 19.3. The van der Waals surface area contributed by atoms with Gasteiger partial charge < -0.3 is 15.2 Å². The second-order valence-electron chi connectivity index (χ2n) is 5.88. The molecule has 1 fully saturated rings. The lowest BCUT2D eigenvalue weighted by Crippen LogP contribution is -2.42. The van der Waals surface area contributed by atoms with Crippen LogP contribution < -0.4 is 10.1 Å². The maximum Gasteiger partial charge on any atom is 0.387 e. The van der Waals surface area contributed by atoms with Crippen molar-refractivity contribution < 1.29 is 28.2 Å². The summed E-state index contributed by atoms with van der Waals surface area (Å²) in [4.78, 5) is 23.2. The molecule has 0 heterocycles. The van der Waals surface area contributed by atoms with E-state index in [1.54, 1.807) is 19.1 Å². The molecule has 1 saturated carbocycles. The number of benzene rings is 1. The molecule has 0 radical (unpaired) electrons. The molecule has 5 nitrogen and oxygen atoms in total. The molecular formula is C16H19F2NO4. The lowest BCUT2D eigenvalue weighted by atomic mass is 9.66. The minimum atomic E-state index is -2.95. The number of halogens is 2. The van der Waals surface area contributed by atoms with Crippen LogP contribution in [0.15, 0.2) is 18.2 Å². The molecule has 2 rings (SSSR count). The predicted octanol–water partition coefficient (Wildman–Crippen LogP) is 2.86. The number of carboxylic acid groups (broad SMARTS) is 1. The van der Waals surface area contributed by atoms with E-state index in [0.717, 1.165) is 12.0 Å². The molecule has 7 heteroatoms. The predicted molar refractivity (Wildman–Crippen MR) is 78.2 cm³/mol. The standard InChI is InChI=1S/C16H19F2NO4/c1-10-3-4-12(23-15(17)18)11(7-10)9-19-13(20)8-16(14(21)22)5-2-6-16/h3-4,7,15H,2,5-6,8-9H2,1H3,(H,19,20)(H,21,22). The van der Waals surface area contributed by atoms with E-state index in [1.165, 1.54) is 6.07 Å². The summed E-state index contributed by atoms with van der Waals surface area (Å²) in [6.07, 6.45) is 1.67. The van der Waals surface area contributed by atoms with Crippen LogP contribution in [-0.4, -0.2) is 23.6 Å². The van der Waals surface area contributed by atoms with Crippen LogP contribution in [-0.2, 0) is 16.1 Å². The molecule has 126 valence electrons. The highest BCUT2D eigenvalue weighted by Gasteiger charge is 2.45. The van der Waals surface area contributed by atoms with Crippen molar-refractivity contribution in [3.8, 4) is 5.75 Å². The summed E-state index contributed by atoms with van der Waals surface area (Å²) in [6, 6.07) is 4.71. The van der Waals surface area contributed by atoms with Gasteiger partial charge in [-0.25, -0.2) is 0 Å². The smallest absolute Gasteiger partial charge is 0.387 e. The summed E-state index contributed by atoms with van der Waals surface area (Å²) in [5, 5.41) is 11.8. The van der Waals surface area contributed by atoms with Gasteiger partial charge in [-0.05, 0) is 25.8 Å².